The first kappa shape index (κ1) is 12.2. The van der Waals surface area contributed by atoms with Gasteiger partial charge in [0, 0.05) is 23.7 Å². The van der Waals surface area contributed by atoms with E-state index in [4.69, 9.17) is 11.6 Å². The van der Waals surface area contributed by atoms with Gasteiger partial charge in [0.1, 0.15) is 12.1 Å². The van der Waals surface area contributed by atoms with E-state index in [1.807, 2.05) is 6.07 Å². The fourth-order valence-electron chi connectivity index (χ4n) is 1.39. The van der Waals surface area contributed by atoms with Crippen molar-refractivity contribution in [2.75, 3.05) is 11.2 Å². The van der Waals surface area contributed by atoms with Crippen molar-refractivity contribution in [3.8, 4) is 0 Å². The van der Waals surface area contributed by atoms with Crippen molar-refractivity contribution >= 4 is 17.4 Å². The molecule has 1 aromatic heterocycles. The fourth-order valence-corrected chi connectivity index (χ4v) is 1.65. The first-order valence-electron chi connectivity index (χ1n) is 5.43. The van der Waals surface area contributed by atoms with E-state index in [2.05, 4.69) is 29.1 Å². The van der Waals surface area contributed by atoms with E-state index in [-0.39, 0.29) is 0 Å². The number of nitrogens with one attached hydrogen (secondary N) is 1. The fraction of sp³-hybridized carbons (Fsp3) is 0.636. The quantitative estimate of drug-likeness (QED) is 0.760. The maximum atomic E-state index is 5.73. The largest absolute Gasteiger partial charge is 0.367 e. The molecule has 0 saturated heterocycles. The summed E-state index contributed by atoms with van der Waals surface area (Å²) < 4.78 is 0. The van der Waals surface area contributed by atoms with Crippen molar-refractivity contribution in [3.63, 3.8) is 0 Å². The Morgan fingerprint density at radius 1 is 1.40 bits per heavy atom. The van der Waals surface area contributed by atoms with Gasteiger partial charge in [0.15, 0.2) is 0 Å². The Kier molecular flexibility index (Phi) is 5.40. The van der Waals surface area contributed by atoms with Crippen molar-refractivity contribution in [2.45, 2.75) is 39.2 Å². The molecule has 0 aromatic carbocycles. The van der Waals surface area contributed by atoms with Crippen LogP contribution in [-0.4, -0.2) is 21.9 Å². The summed E-state index contributed by atoms with van der Waals surface area (Å²) in [4.78, 5) is 8.35. The number of halogens is 1. The van der Waals surface area contributed by atoms with Gasteiger partial charge >= 0.3 is 0 Å². The first-order chi connectivity index (χ1) is 7.30. The minimum absolute atomic E-state index is 0.405. The van der Waals surface area contributed by atoms with E-state index in [0.717, 1.165) is 30.8 Å². The maximum absolute atomic E-state index is 5.73. The average molecular weight is 228 g/mol. The lowest BCUT2D eigenvalue weighted by Gasteiger charge is -2.16. The van der Waals surface area contributed by atoms with Crippen LogP contribution in [0.5, 0.6) is 0 Å². The predicted octanol–water partition coefficient (Wildman–Crippen LogP) is 2.86. The molecule has 4 heteroatoms. The molecule has 0 bridgehead atoms. The Morgan fingerprint density at radius 3 is 2.80 bits per heavy atom. The van der Waals surface area contributed by atoms with Gasteiger partial charge in [0.05, 0.1) is 0 Å². The number of aromatic nitrogens is 2. The van der Waals surface area contributed by atoms with E-state index in [9.17, 15) is 0 Å². The van der Waals surface area contributed by atoms with E-state index < -0.39 is 0 Å². The second kappa shape index (κ2) is 6.62. The Labute approximate surface area is 96.3 Å². The Hall–Kier alpha value is -0.830. The highest BCUT2D eigenvalue weighted by Crippen LogP contribution is 2.10. The Balaban J connectivity index is 2.61. The van der Waals surface area contributed by atoms with Gasteiger partial charge in [-0.15, -0.1) is 11.6 Å². The van der Waals surface area contributed by atoms with Crippen LogP contribution in [0.15, 0.2) is 12.4 Å². The zero-order valence-corrected chi connectivity index (χ0v) is 10.1. The molecular formula is C11H18ClN3. The summed E-state index contributed by atoms with van der Waals surface area (Å²) in [5, 5.41) is 3.37. The highest BCUT2D eigenvalue weighted by Gasteiger charge is 2.06. The highest BCUT2D eigenvalue weighted by molar-refractivity contribution is 6.17. The summed E-state index contributed by atoms with van der Waals surface area (Å²) in [6.45, 7) is 4.23. The smallest absolute Gasteiger partial charge is 0.129 e. The number of hydrogen-bond acceptors (Lipinski definition) is 3. The lowest BCUT2D eigenvalue weighted by atomic mass is 10.2. The zero-order chi connectivity index (χ0) is 11.1. The van der Waals surface area contributed by atoms with Gasteiger partial charge in [-0.3, -0.25) is 0 Å². The van der Waals surface area contributed by atoms with Crippen LogP contribution in [0.25, 0.3) is 0 Å². The lowest BCUT2D eigenvalue weighted by molar-refractivity contribution is 0.671. The van der Waals surface area contributed by atoms with E-state index in [1.165, 1.54) is 0 Å². The van der Waals surface area contributed by atoms with Crippen molar-refractivity contribution in [2.24, 2.45) is 0 Å². The minimum atomic E-state index is 0.405. The molecule has 0 aliphatic rings. The Bertz CT molecular complexity index is 291. The van der Waals surface area contributed by atoms with E-state index >= 15 is 0 Å². The molecule has 0 saturated carbocycles. The van der Waals surface area contributed by atoms with Gasteiger partial charge in [-0.25, -0.2) is 9.97 Å². The predicted molar refractivity (Wildman–Crippen MR) is 64.4 cm³/mol. The van der Waals surface area contributed by atoms with Crippen LogP contribution in [0.2, 0.25) is 0 Å². The average Bonchev–Trinajstić information content (AvgIpc) is 2.29. The van der Waals surface area contributed by atoms with Gasteiger partial charge < -0.3 is 5.32 Å². The molecule has 0 fully saturated rings. The zero-order valence-electron chi connectivity index (χ0n) is 9.33. The number of hydrogen-bond donors (Lipinski definition) is 1. The van der Waals surface area contributed by atoms with E-state index in [1.54, 1.807) is 6.33 Å². The molecule has 1 heterocycles. The molecule has 0 aliphatic heterocycles. The number of nitrogens with zero attached hydrogens (tertiary/aromatic N) is 2. The Morgan fingerprint density at radius 2 is 2.20 bits per heavy atom. The van der Waals surface area contributed by atoms with Gasteiger partial charge in [-0.1, -0.05) is 13.8 Å². The summed E-state index contributed by atoms with van der Waals surface area (Å²) in [6, 6.07) is 2.40. The summed E-state index contributed by atoms with van der Waals surface area (Å²) in [7, 11) is 0. The van der Waals surface area contributed by atoms with Gasteiger partial charge in [0.2, 0.25) is 0 Å². The molecule has 3 nitrogen and oxygen atoms in total. The van der Waals surface area contributed by atoms with Crippen LogP contribution < -0.4 is 5.32 Å². The number of anilines is 1. The van der Waals surface area contributed by atoms with Crippen molar-refractivity contribution in [3.05, 3.63) is 18.1 Å². The summed E-state index contributed by atoms with van der Waals surface area (Å²) in [5.74, 6) is 1.58. The van der Waals surface area contributed by atoms with E-state index in [0.29, 0.717) is 11.9 Å². The highest BCUT2D eigenvalue weighted by atomic mass is 35.5. The second-order valence-electron chi connectivity index (χ2n) is 3.48. The topological polar surface area (TPSA) is 37.8 Å². The van der Waals surface area contributed by atoms with Gasteiger partial charge in [-0.05, 0) is 19.3 Å². The first-order valence-corrected chi connectivity index (χ1v) is 5.97. The molecule has 0 spiro atoms. The number of rotatable bonds is 6. The van der Waals surface area contributed by atoms with Crippen LogP contribution in [-0.2, 0) is 6.42 Å². The minimum Gasteiger partial charge on any atom is -0.367 e. The molecule has 0 amide bonds. The second-order valence-corrected chi connectivity index (χ2v) is 3.85. The summed E-state index contributed by atoms with van der Waals surface area (Å²) >= 11 is 5.73. The summed E-state index contributed by atoms with van der Waals surface area (Å²) in [6.07, 6.45) is 4.56. The number of alkyl halides is 1. The molecule has 15 heavy (non-hydrogen) atoms. The molecule has 1 rings (SSSR count). The molecule has 0 radical (unpaired) electrons. The van der Waals surface area contributed by atoms with Crippen molar-refractivity contribution in [1.29, 1.82) is 0 Å². The maximum Gasteiger partial charge on any atom is 0.129 e. The van der Waals surface area contributed by atoms with Gasteiger partial charge in [-0.2, -0.15) is 0 Å². The third kappa shape index (κ3) is 4.04. The molecule has 84 valence electrons. The molecular weight excluding hydrogens is 210 g/mol. The van der Waals surface area contributed by atoms with Crippen LogP contribution in [0.3, 0.4) is 0 Å². The van der Waals surface area contributed by atoms with Crippen LogP contribution in [0.1, 0.15) is 32.4 Å². The molecule has 1 aromatic rings. The molecule has 1 N–H and O–H groups in total. The van der Waals surface area contributed by atoms with Crippen molar-refractivity contribution in [1.82, 2.24) is 9.97 Å². The molecule has 1 atom stereocenters. The van der Waals surface area contributed by atoms with Crippen molar-refractivity contribution < 1.29 is 0 Å². The molecule has 1 unspecified atom stereocenters. The summed E-state index contributed by atoms with van der Waals surface area (Å²) in [5.41, 5.74) is 1.06. The third-order valence-electron chi connectivity index (χ3n) is 2.39. The standard InChI is InChI=1S/C11H18ClN3/c1-3-9(5-6-12)15-11-7-10(4-2)13-8-14-11/h7-9H,3-6H2,1-2H3,(H,13,14,15). The normalized spacial score (nSPS) is 12.5. The monoisotopic (exact) mass is 227 g/mol. The van der Waals surface area contributed by atoms with Crippen LogP contribution >= 0.6 is 11.6 Å². The van der Waals surface area contributed by atoms with Crippen LogP contribution in [0, 0.1) is 0 Å². The third-order valence-corrected chi connectivity index (χ3v) is 2.61. The number of aryl methyl sites for hydroxylation is 1. The SMILES string of the molecule is CCc1cc(NC(CC)CCCl)ncn1. The lowest BCUT2D eigenvalue weighted by Crippen LogP contribution is -2.19. The van der Waals surface area contributed by atoms with Crippen LogP contribution in [0.4, 0.5) is 5.82 Å². The van der Waals surface area contributed by atoms with Gasteiger partial charge in [0.25, 0.3) is 0 Å². The molecule has 0 aliphatic carbocycles.